The molecule has 120 valence electrons. The summed E-state index contributed by atoms with van der Waals surface area (Å²) < 4.78 is 0. The van der Waals surface area contributed by atoms with Gasteiger partial charge in [-0.1, -0.05) is 7.43 Å². The second-order valence-corrected chi connectivity index (χ2v) is 4.83. The molecule has 0 saturated carbocycles. The van der Waals surface area contributed by atoms with Crippen LogP contribution in [-0.4, -0.2) is 40.8 Å². The Morgan fingerprint density at radius 2 is 1.62 bits per heavy atom. The molecule has 21 heavy (non-hydrogen) atoms. The molecule has 0 atom stereocenters. The summed E-state index contributed by atoms with van der Waals surface area (Å²) in [6.45, 7) is 8.60. The lowest BCUT2D eigenvalue weighted by atomic mass is 10.2. The van der Waals surface area contributed by atoms with Gasteiger partial charge in [-0.05, 0) is 34.6 Å². The second kappa shape index (κ2) is 8.94. The summed E-state index contributed by atoms with van der Waals surface area (Å²) in [4.78, 5) is 23.6. The fraction of sp³-hybridized carbons (Fsp3) is 0.533. The molecule has 6 heteroatoms. The number of aromatic amines is 1. The maximum absolute atomic E-state index is 10.8. The zero-order valence-corrected chi connectivity index (χ0v) is 13.3. The first-order valence-electron chi connectivity index (χ1n) is 6.26. The normalized spacial score (nSPS) is 10.6. The molecular weight excluding hydrogens is 268 g/mol. The van der Waals surface area contributed by atoms with E-state index >= 15 is 0 Å². The summed E-state index contributed by atoms with van der Waals surface area (Å²) >= 11 is 0. The Morgan fingerprint density at radius 3 is 1.76 bits per heavy atom. The van der Waals surface area contributed by atoms with Crippen molar-refractivity contribution in [2.45, 2.75) is 42.0 Å². The molecule has 0 fully saturated rings. The molecule has 0 spiro atoms. The lowest BCUT2D eigenvalue weighted by Crippen LogP contribution is -2.12. The van der Waals surface area contributed by atoms with Crippen molar-refractivity contribution in [3.63, 3.8) is 0 Å². The Morgan fingerprint density at radius 1 is 1.14 bits per heavy atom. The number of allylic oxidation sites excluding steroid dienone is 2. The Bertz CT molecular complexity index is 508. The second-order valence-electron chi connectivity index (χ2n) is 4.83. The van der Waals surface area contributed by atoms with E-state index in [1.54, 1.807) is 13.8 Å². The molecule has 1 aromatic rings. The largest absolute Gasteiger partial charge is 0.382 e. The third-order valence-electron chi connectivity index (χ3n) is 3.07. The van der Waals surface area contributed by atoms with Crippen LogP contribution in [0, 0.1) is 6.92 Å². The van der Waals surface area contributed by atoms with Crippen LogP contribution in [0.2, 0.25) is 0 Å². The van der Waals surface area contributed by atoms with E-state index < -0.39 is 0 Å². The predicted molar refractivity (Wildman–Crippen MR) is 87.2 cm³/mol. The average Bonchev–Trinajstić information content (AvgIpc) is 2.67. The van der Waals surface area contributed by atoms with Gasteiger partial charge in [0, 0.05) is 31.1 Å². The quantitative estimate of drug-likeness (QED) is 0.660. The van der Waals surface area contributed by atoms with Crippen molar-refractivity contribution in [3.8, 4) is 0 Å². The molecule has 1 aromatic heterocycles. The van der Waals surface area contributed by atoms with Crippen LogP contribution in [0.5, 0.6) is 0 Å². The van der Waals surface area contributed by atoms with Crippen LogP contribution < -0.4 is 5.73 Å². The number of nitrogens with two attached hydrogens (primary N) is 1. The van der Waals surface area contributed by atoms with Crippen molar-refractivity contribution in [1.29, 1.82) is 0 Å². The number of aryl methyl sites for hydroxylation is 1. The van der Waals surface area contributed by atoms with E-state index in [2.05, 4.69) is 10.2 Å². The minimum atomic E-state index is -0.0521. The van der Waals surface area contributed by atoms with E-state index in [4.69, 9.17) is 5.73 Å². The number of anilines is 1. The number of hydrogen-bond donors (Lipinski definition) is 2. The molecule has 0 radical (unpaired) electrons. The number of hydrogen-bond acceptors (Lipinski definition) is 5. The number of aromatic nitrogens is 2. The molecule has 0 aliphatic carbocycles. The van der Waals surface area contributed by atoms with Crippen LogP contribution in [0.3, 0.4) is 0 Å². The molecule has 0 unspecified atom stereocenters. The maximum Gasteiger partial charge on any atom is 0.165 e. The highest BCUT2D eigenvalue weighted by Gasteiger charge is 2.10. The number of Topliss-reactive ketones (excluding diaryl/α,β-unsaturated/α-hetero) is 2. The first-order chi connectivity index (χ1) is 9.09. The SMILES string of the molecule is C.CC(=O)/C(C)=C(/C)N(C)C.CC(=O)c1c(N)n[nH]c1C. The minimum Gasteiger partial charge on any atom is -0.382 e. The van der Waals surface area contributed by atoms with Gasteiger partial charge in [0.1, 0.15) is 0 Å². The first-order valence-corrected chi connectivity index (χ1v) is 6.26. The number of ketones is 2. The molecule has 0 amide bonds. The van der Waals surface area contributed by atoms with Gasteiger partial charge in [-0.3, -0.25) is 14.7 Å². The summed E-state index contributed by atoms with van der Waals surface area (Å²) in [5.41, 5.74) is 8.48. The number of H-pyrrole nitrogens is 1. The van der Waals surface area contributed by atoms with Crippen LogP contribution in [0.4, 0.5) is 5.82 Å². The van der Waals surface area contributed by atoms with Crippen LogP contribution in [-0.2, 0) is 4.79 Å². The van der Waals surface area contributed by atoms with E-state index in [1.807, 2.05) is 32.8 Å². The average molecular weight is 296 g/mol. The molecule has 0 saturated heterocycles. The van der Waals surface area contributed by atoms with Crippen molar-refractivity contribution >= 4 is 17.4 Å². The van der Waals surface area contributed by atoms with Gasteiger partial charge in [-0.15, -0.1) is 0 Å². The van der Waals surface area contributed by atoms with Gasteiger partial charge in [0.2, 0.25) is 0 Å². The van der Waals surface area contributed by atoms with E-state index in [-0.39, 0.29) is 24.8 Å². The molecule has 0 aliphatic heterocycles. The van der Waals surface area contributed by atoms with Crippen LogP contribution in [0.15, 0.2) is 11.3 Å². The number of rotatable bonds is 3. The van der Waals surface area contributed by atoms with Gasteiger partial charge < -0.3 is 10.6 Å². The van der Waals surface area contributed by atoms with Crippen LogP contribution in [0.1, 0.15) is 51.2 Å². The van der Waals surface area contributed by atoms with E-state index in [0.29, 0.717) is 5.56 Å². The summed E-state index contributed by atoms with van der Waals surface area (Å²) in [7, 11) is 3.86. The van der Waals surface area contributed by atoms with Crippen molar-refractivity contribution in [2.24, 2.45) is 0 Å². The summed E-state index contributed by atoms with van der Waals surface area (Å²) in [5, 5.41) is 6.29. The molecule has 0 aromatic carbocycles. The zero-order chi connectivity index (χ0) is 16.0. The predicted octanol–water partition coefficient (Wildman–Crippen LogP) is 2.57. The monoisotopic (exact) mass is 296 g/mol. The van der Waals surface area contributed by atoms with Crippen molar-refractivity contribution in [2.75, 3.05) is 19.8 Å². The van der Waals surface area contributed by atoms with Gasteiger partial charge in [0.05, 0.1) is 5.56 Å². The fourth-order valence-corrected chi connectivity index (χ4v) is 1.48. The lowest BCUT2D eigenvalue weighted by molar-refractivity contribution is -0.113. The Hall–Kier alpha value is -2.11. The minimum absolute atomic E-state index is 0. The van der Waals surface area contributed by atoms with Gasteiger partial charge in [0.25, 0.3) is 0 Å². The number of nitrogens with one attached hydrogen (secondary N) is 1. The van der Waals surface area contributed by atoms with Gasteiger partial charge in [0.15, 0.2) is 17.4 Å². The third-order valence-corrected chi connectivity index (χ3v) is 3.07. The van der Waals surface area contributed by atoms with Gasteiger partial charge in [-0.25, -0.2) is 0 Å². The van der Waals surface area contributed by atoms with E-state index in [0.717, 1.165) is 17.0 Å². The standard InChI is InChI=1S/C8H15NO.C6H9N3O.CH4/c1-6(8(3)10)7(2)9(4)5;1-3-5(4(2)10)6(7)9-8-3;/h1-5H3;1-2H3,(H3,7,8,9);1H4/b7-6-;;. The van der Waals surface area contributed by atoms with Crippen LogP contribution >= 0.6 is 0 Å². The van der Waals surface area contributed by atoms with Gasteiger partial charge in [-0.2, -0.15) is 5.10 Å². The molecule has 6 nitrogen and oxygen atoms in total. The number of nitrogen functional groups attached to an aromatic ring is 1. The Labute approximate surface area is 127 Å². The van der Waals surface area contributed by atoms with Crippen molar-refractivity contribution in [3.05, 3.63) is 22.5 Å². The summed E-state index contributed by atoms with van der Waals surface area (Å²) in [6.07, 6.45) is 0. The highest BCUT2D eigenvalue weighted by Crippen LogP contribution is 2.11. The molecular formula is C15H28N4O2. The summed E-state index contributed by atoms with van der Waals surface area (Å²) in [6, 6.07) is 0. The first kappa shape index (κ1) is 21.2. The molecule has 1 rings (SSSR count). The Balaban J connectivity index is 0. The maximum atomic E-state index is 10.8. The number of carbonyl (C=O) groups excluding carboxylic acids is 2. The smallest absolute Gasteiger partial charge is 0.165 e. The molecule has 3 N–H and O–H groups in total. The molecule has 1 heterocycles. The highest BCUT2D eigenvalue weighted by atomic mass is 16.1. The molecule has 0 bridgehead atoms. The Kier molecular flexibility index (Phi) is 9.02. The lowest BCUT2D eigenvalue weighted by Gasteiger charge is -2.14. The van der Waals surface area contributed by atoms with E-state index in [1.165, 1.54) is 6.92 Å². The topological polar surface area (TPSA) is 92.1 Å². The molecule has 0 aliphatic rings. The van der Waals surface area contributed by atoms with Crippen molar-refractivity contribution < 1.29 is 9.59 Å². The third kappa shape index (κ3) is 6.25. The van der Waals surface area contributed by atoms with E-state index in [9.17, 15) is 9.59 Å². The zero-order valence-electron chi connectivity index (χ0n) is 13.3. The highest BCUT2D eigenvalue weighted by molar-refractivity contribution is 5.99. The van der Waals surface area contributed by atoms with Gasteiger partial charge >= 0.3 is 0 Å². The summed E-state index contributed by atoms with van der Waals surface area (Å²) in [5.74, 6) is 0.375. The fourth-order valence-electron chi connectivity index (χ4n) is 1.48. The van der Waals surface area contributed by atoms with Crippen molar-refractivity contribution in [1.82, 2.24) is 15.1 Å². The number of carbonyl (C=O) groups is 2. The number of nitrogens with zero attached hydrogens (tertiary/aromatic N) is 2. The van der Waals surface area contributed by atoms with Crippen LogP contribution in [0.25, 0.3) is 0 Å².